The average molecular weight is 269 g/mol. The van der Waals surface area contributed by atoms with Crippen LogP contribution in [0.2, 0.25) is 0 Å². The van der Waals surface area contributed by atoms with Crippen molar-refractivity contribution in [1.29, 1.82) is 0 Å². The van der Waals surface area contributed by atoms with Crippen LogP contribution in [0.3, 0.4) is 0 Å². The molecule has 1 atom stereocenters. The molecule has 2 rings (SSSR count). The molecule has 0 aliphatic heterocycles. The Morgan fingerprint density at radius 3 is 2.61 bits per heavy atom. The normalized spacial score (nSPS) is 12.5. The zero-order valence-electron chi connectivity index (χ0n) is 11.4. The number of likely N-dealkylation sites (N-methyl/N-ethyl adjacent to an activating group) is 1. The van der Waals surface area contributed by atoms with Gasteiger partial charge in [0, 0.05) is 29.7 Å². The Morgan fingerprint density at radius 2 is 2.00 bits per heavy atom. The first-order chi connectivity index (χ1) is 8.11. The summed E-state index contributed by atoms with van der Waals surface area (Å²) < 4.78 is 7.52. The number of rotatable bonds is 4. The van der Waals surface area contributed by atoms with Crippen LogP contribution in [-0.2, 0) is 6.54 Å². The Balaban J connectivity index is 0.00000162. The number of ether oxygens (including phenoxy) is 1. The monoisotopic (exact) mass is 268 g/mol. The van der Waals surface area contributed by atoms with Crippen LogP contribution in [0.5, 0.6) is 5.75 Å². The Bertz CT molecular complexity index is 507. The number of nitrogens with zero attached hydrogens (tertiary/aromatic N) is 2. The third-order valence-electron chi connectivity index (χ3n) is 3.32. The number of hydrogen-bond acceptors (Lipinski definition) is 2. The highest BCUT2D eigenvalue weighted by atomic mass is 35.5. The second-order valence-corrected chi connectivity index (χ2v) is 4.71. The van der Waals surface area contributed by atoms with Crippen LogP contribution in [0.25, 0.3) is 10.9 Å². The fourth-order valence-corrected chi connectivity index (χ4v) is 1.91. The number of benzene rings is 1. The van der Waals surface area contributed by atoms with E-state index in [1.807, 2.05) is 6.07 Å². The van der Waals surface area contributed by atoms with E-state index < -0.39 is 0 Å². The maximum atomic E-state index is 5.23. The largest absolute Gasteiger partial charge is 0.497 e. The molecule has 100 valence electrons. The van der Waals surface area contributed by atoms with E-state index in [4.69, 9.17) is 4.74 Å². The van der Waals surface area contributed by atoms with Gasteiger partial charge in [0.05, 0.1) is 7.11 Å². The average Bonchev–Trinajstić information content (AvgIpc) is 2.71. The molecule has 4 heteroatoms. The van der Waals surface area contributed by atoms with E-state index in [9.17, 15) is 0 Å². The van der Waals surface area contributed by atoms with Crippen LogP contribution in [0, 0.1) is 0 Å². The minimum atomic E-state index is 0. The highest BCUT2D eigenvalue weighted by molar-refractivity contribution is 5.85. The summed E-state index contributed by atoms with van der Waals surface area (Å²) in [6.45, 7) is 3.23. The van der Waals surface area contributed by atoms with Crippen molar-refractivity contribution in [3.8, 4) is 5.75 Å². The molecule has 1 heterocycles. The lowest BCUT2D eigenvalue weighted by molar-refractivity contribution is 0.286. The second kappa shape index (κ2) is 6.12. The van der Waals surface area contributed by atoms with Crippen LogP contribution in [0.4, 0.5) is 0 Å². The molecule has 0 amide bonds. The molecular weight excluding hydrogens is 248 g/mol. The lowest BCUT2D eigenvalue weighted by atomic mass is 10.2. The van der Waals surface area contributed by atoms with Gasteiger partial charge in [0.2, 0.25) is 0 Å². The van der Waals surface area contributed by atoms with Crippen LogP contribution in [-0.4, -0.2) is 36.7 Å². The predicted molar refractivity (Wildman–Crippen MR) is 78.9 cm³/mol. The first kappa shape index (κ1) is 14.9. The summed E-state index contributed by atoms with van der Waals surface area (Å²) in [5, 5.41) is 1.23. The number of hydrogen-bond donors (Lipinski definition) is 0. The molecule has 0 aliphatic carbocycles. The van der Waals surface area contributed by atoms with Gasteiger partial charge in [0.15, 0.2) is 0 Å². The van der Waals surface area contributed by atoms with Crippen molar-refractivity contribution >= 4 is 23.3 Å². The topological polar surface area (TPSA) is 17.4 Å². The van der Waals surface area contributed by atoms with Gasteiger partial charge in [-0.05, 0) is 45.3 Å². The van der Waals surface area contributed by atoms with Gasteiger partial charge in [-0.2, -0.15) is 0 Å². The first-order valence-corrected chi connectivity index (χ1v) is 5.91. The summed E-state index contributed by atoms with van der Waals surface area (Å²) in [7, 11) is 5.92. The number of fused-ring (bicyclic) bond motifs is 1. The third-order valence-corrected chi connectivity index (χ3v) is 3.32. The van der Waals surface area contributed by atoms with E-state index in [0.29, 0.717) is 6.04 Å². The standard InChI is InChI=1S/C14H20N2O.ClH/c1-11(15(2)3)10-16-8-7-12-9-13(17-4)5-6-14(12)16;/h5-9,11H,10H2,1-4H3;1H/t11-;/m1./s1. The third kappa shape index (κ3) is 2.98. The molecule has 1 aromatic heterocycles. The molecule has 0 unspecified atom stereocenters. The van der Waals surface area contributed by atoms with Crippen molar-refractivity contribution in [3.63, 3.8) is 0 Å². The molecule has 0 N–H and O–H groups in total. The SMILES string of the molecule is COc1ccc2c(ccn2C[C@@H](C)N(C)C)c1.Cl. The van der Waals surface area contributed by atoms with Gasteiger partial charge < -0.3 is 14.2 Å². The Hall–Kier alpha value is -1.19. The molecule has 3 nitrogen and oxygen atoms in total. The molecule has 18 heavy (non-hydrogen) atoms. The fourth-order valence-electron chi connectivity index (χ4n) is 1.91. The smallest absolute Gasteiger partial charge is 0.119 e. The van der Waals surface area contributed by atoms with Gasteiger partial charge in [0.25, 0.3) is 0 Å². The van der Waals surface area contributed by atoms with Crippen molar-refractivity contribution in [1.82, 2.24) is 9.47 Å². The Labute approximate surface area is 115 Å². The Morgan fingerprint density at radius 1 is 1.28 bits per heavy atom. The maximum absolute atomic E-state index is 5.23. The van der Waals surface area contributed by atoms with Gasteiger partial charge in [-0.15, -0.1) is 12.4 Å². The number of halogens is 1. The van der Waals surface area contributed by atoms with Crippen molar-refractivity contribution in [2.24, 2.45) is 0 Å². The van der Waals surface area contributed by atoms with Crippen LogP contribution >= 0.6 is 12.4 Å². The zero-order valence-corrected chi connectivity index (χ0v) is 12.2. The van der Waals surface area contributed by atoms with Crippen molar-refractivity contribution in [2.75, 3.05) is 21.2 Å². The van der Waals surface area contributed by atoms with E-state index >= 15 is 0 Å². The molecule has 0 bridgehead atoms. The van der Waals surface area contributed by atoms with Gasteiger partial charge in [0.1, 0.15) is 5.75 Å². The van der Waals surface area contributed by atoms with Gasteiger partial charge in [-0.3, -0.25) is 0 Å². The Kier molecular flexibility index (Phi) is 5.05. The van der Waals surface area contributed by atoms with E-state index in [-0.39, 0.29) is 12.4 Å². The summed E-state index contributed by atoms with van der Waals surface area (Å²) in [6, 6.07) is 8.87. The summed E-state index contributed by atoms with van der Waals surface area (Å²) in [5.41, 5.74) is 1.26. The van der Waals surface area contributed by atoms with Crippen LogP contribution in [0.15, 0.2) is 30.5 Å². The van der Waals surface area contributed by atoms with Crippen molar-refractivity contribution in [3.05, 3.63) is 30.5 Å². The van der Waals surface area contributed by atoms with Crippen LogP contribution < -0.4 is 4.74 Å². The molecule has 0 spiro atoms. The van der Waals surface area contributed by atoms with Crippen molar-refractivity contribution in [2.45, 2.75) is 19.5 Å². The molecule has 0 saturated carbocycles. The van der Waals surface area contributed by atoms with E-state index in [1.54, 1.807) is 7.11 Å². The first-order valence-electron chi connectivity index (χ1n) is 5.91. The number of aromatic nitrogens is 1. The minimum Gasteiger partial charge on any atom is -0.497 e. The summed E-state index contributed by atoms with van der Waals surface area (Å²) in [6.07, 6.45) is 2.14. The molecule has 1 aromatic carbocycles. The zero-order chi connectivity index (χ0) is 12.4. The lowest BCUT2D eigenvalue weighted by Crippen LogP contribution is -2.28. The van der Waals surface area contributed by atoms with Gasteiger partial charge in [-0.25, -0.2) is 0 Å². The van der Waals surface area contributed by atoms with E-state index in [0.717, 1.165) is 12.3 Å². The maximum Gasteiger partial charge on any atom is 0.119 e. The molecule has 2 aromatic rings. The highest BCUT2D eigenvalue weighted by Gasteiger charge is 2.08. The second-order valence-electron chi connectivity index (χ2n) is 4.71. The number of methoxy groups -OCH3 is 1. The van der Waals surface area contributed by atoms with E-state index in [2.05, 4.69) is 54.9 Å². The van der Waals surface area contributed by atoms with Crippen molar-refractivity contribution < 1.29 is 4.74 Å². The molecular formula is C14H21ClN2O. The van der Waals surface area contributed by atoms with E-state index in [1.165, 1.54) is 10.9 Å². The lowest BCUT2D eigenvalue weighted by Gasteiger charge is -2.20. The van der Waals surface area contributed by atoms with Gasteiger partial charge >= 0.3 is 0 Å². The quantitative estimate of drug-likeness (QED) is 0.848. The molecule has 0 aliphatic rings. The summed E-state index contributed by atoms with van der Waals surface area (Å²) >= 11 is 0. The molecule has 0 radical (unpaired) electrons. The van der Waals surface area contributed by atoms with Crippen LogP contribution in [0.1, 0.15) is 6.92 Å². The molecule has 0 fully saturated rings. The summed E-state index contributed by atoms with van der Waals surface area (Å²) in [5.74, 6) is 0.913. The predicted octanol–water partition coefficient (Wildman–Crippen LogP) is 3.02. The fraction of sp³-hybridized carbons (Fsp3) is 0.429. The highest BCUT2D eigenvalue weighted by Crippen LogP contribution is 2.22. The minimum absolute atomic E-state index is 0. The van der Waals surface area contributed by atoms with Gasteiger partial charge in [-0.1, -0.05) is 0 Å². The summed E-state index contributed by atoms with van der Waals surface area (Å²) in [4.78, 5) is 2.23. The molecule has 0 saturated heterocycles.